The second-order valence-corrected chi connectivity index (χ2v) is 4.07. The first-order chi connectivity index (χ1) is 8.16. The summed E-state index contributed by atoms with van der Waals surface area (Å²) in [6, 6.07) is 7.42. The predicted molar refractivity (Wildman–Crippen MR) is 64.1 cm³/mol. The Morgan fingerprint density at radius 1 is 1.35 bits per heavy atom. The van der Waals surface area contributed by atoms with Gasteiger partial charge in [-0.2, -0.15) is 0 Å². The lowest BCUT2D eigenvalue weighted by Crippen LogP contribution is -2.06. The summed E-state index contributed by atoms with van der Waals surface area (Å²) in [5.74, 6) is -0.839. The molecule has 4 nitrogen and oxygen atoms in total. The van der Waals surface area contributed by atoms with E-state index in [-0.39, 0.29) is 6.42 Å². The van der Waals surface area contributed by atoms with Gasteiger partial charge in [-0.25, -0.2) is 4.98 Å². The summed E-state index contributed by atoms with van der Waals surface area (Å²) in [5.41, 5.74) is 1.74. The van der Waals surface area contributed by atoms with Crippen molar-refractivity contribution in [2.75, 3.05) is 0 Å². The second kappa shape index (κ2) is 5.01. The minimum atomic E-state index is -0.839. The quantitative estimate of drug-likeness (QED) is 0.905. The fraction of sp³-hybridized carbons (Fsp3) is 0.167. The van der Waals surface area contributed by atoms with Gasteiger partial charge in [0.2, 0.25) is 0 Å². The molecule has 2 rings (SSSR count). The van der Waals surface area contributed by atoms with E-state index >= 15 is 0 Å². The molecule has 1 aromatic carbocycles. The highest BCUT2D eigenvalue weighted by Crippen LogP contribution is 2.15. The number of imidazole rings is 1. The Hall–Kier alpha value is -1.81. The van der Waals surface area contributed by atoms with E-state index < -0.39 is 5.97 Å². The Bertz CT molecular complexity index is 537. The summed E-state index contributed by atoms with van der Waals surface area (Å²) in [4.78, 5) is 14.7. The van der Waals surface area contributed by atoms with Crippen molar-refractivity contribution in [2.45, 2.75) is 13.0 Å². The zero-order valence-corrected chi connectivity index (χ0v) is 9.76. The van der Waals surface area contributed by atoms with Crippen molar-refractivity contribution in [3.05, 3.63) is 53.1 Å². The first-order valence-electron chi connectivity index (χ1n) is 5.11. The summed E-state index contributed by atoms with van der Waals surface area (Å²) >= 11 is 5.93. The maximum absolute atomic E-state index is 10.7. The molecule has 2 aromatic rings. The van der Waals surface area contributed by atoms with E-state index in [4.69, 9.17) is 16.7 Å². The lowest BCUT2D eigenvalue weighted by molar-refractivity contribution is -0.136. The molecule has 0 aliphatic heterocycles. The molecule has 0 spiro atoms. The second-order valence-electron chi connectivity index (χ2n) is 3.68. The molecule has 0 saturated carbocycles. The highest BCUT2D eigenvalue weighted by atomic mass is 35.5. The third-order valence-electron chi connectivity index (χ3n) is 2.46. The number of carbonyl (C=O) groups is 1. The molecular weight excluding hydrogens is 240 g/mol. The van der Waals surface area contributed by atoms with E-state index in [9.17, 15) is 4.79 Å². The van der Waals surface area contributed by atoms with Gasteiger partial charge in [-0.15, -0.1) is 0 Å². The van der Waals surface area contributed by atoms with Crippen LogP contribution >= 0.6 is 11.6 Å². The molecule has 0 bridgehead atoms. The minimum absolute atomic E-state index is 0.0164. The number of carboxylic acids is 1. The molecule has 1 heterocycles. The molecule has 0 aliphatic carbocycles. The van der Waals surface area contributed by atoms with E-state index in [1.165, 1.54) is 0 Å². The molecule has 0 atom stereocenters. The van der Waals surface area contributed by atoms with Gasteiger partial charge in [0.15, 0.2) is 0 Å². The first-order valence-corrected chi connectivity index (χ1v) is 5.49. The minimum Gasteiger partial charge on any atom is -0.481 e. The van der Waals surface area contributed by atoms with Gasteiger partial charge in [0.05, 0.1) is 25.5 Å². The van der Waals surface area contributed by atoms with Crippen molar-refractivity contribution in [1.29, 1.82) is 0 Å². The molecule has 0 aliphatic rings. The third-order valence-corrected chi connectivity index (χ3v) is 2.78. The van der Waals surface area contributed by atoms with Gasteiger partial charge in [-0.05, 0) is 11.1 Å². The molecule has 0 amide bonds. The topological polar surface area (TPSA) is 55.1 Å². The Kier molecular flexibility index (Phi) is 3.44. The molecule has 0 saturated heterocycles. The summed E-state index contributed by atoms with van der Waals surface area (Å²) in [6.45, 7) is 0.530. The normalized spacial score (nSPS) is 10.4. The molecule has 0 fully saturated rings. The molecule has 0 unspecified atom stereocenters. The highest BCUT2D eigenvalue weighted by molar-refractivity contribution is 6.29. The van der Waals surface area contributed by atoms with Gasteiger partial charge in [-0.3, -0.25) is 4.79 Å². The van der Waals surface area contributed by atoms with Gasteiger partial charge in [0, 0.05) is 0 Å². The van der Waals surface area contributed by atoms with Crippen LogP contribution in [-0.2, 0) is 17.8 Å². The zero-order valence-electron chi connectivity index (χ0n) is 9.01. The maximum atomic E-state index is 10.7. The number of aliphatic carboxylic acids is 1. The van der Waals surface area contributed by atoms with Crippen molar-refractivity contribution in [2.24, 2.45) is 0 Å². The Morgan fingerprint density at radius 2 is 2.06 bits per heavy atom. The van der Waals surface area contributed by atoms with E-state index in [0.717, 1.165) is 11.1 Å². The van der Waals surface area contributed by atoms with Gasteiger partial charge < -0.3 is 9.67 Å². The summed E-state index contributed by atoms with van der Waals surface area (Å²) in [5, 5.41) is 9.36. The van der Waals surface area contributed by atoms with Crippen molar-refractivity contribution >= 4 is 17.6 Å². The standard InChI is InChI=1S/C12H11ClN2O2/c13-11-6-14-8-15(11)7-10-4-2-1-3-9(10)5-12(16)17/h1-4,6,8H,5,7H2,(H,16,17). The third kappa shape index (κ3) is 2.85. The Balaban J connectivity index is 2.26. The van der Waals surface area contributed by atoms with Crippen LogP contribution < -0.4 is 0 Å². The van der Waals surface area contributed by atoms with Gasteiger partial charge in [-0.1, -0.05) is 35.9 Å². The molecule has 5 heteroatoms. The summed E-state index contributed by atoms with van der Waals surface area (Å²) in [6.07, 6.45) is 3.20. The predicted octanol–water partition coefficient (Wildman–Crippen LogP) is 2.21. The number of rotatable bonds is 4. The van der Waals surface area contributed by atoms with Crippen molar-refractivity contribution < 1.29 is 9.90 Å². The van der Waals surface area contributed by atoms with Crippen LogP contribution in [0.2, 0.25) is 5.15 Å². The summed E-state index contributed by atoms with van der Waals surface area (Å²) in [7, 11) is 0. The monoisotopic (exact) mass is 250 g/mol. The van der Waals surface area contributed by atoms with Crippen molar-refractivity contribution in [1.82, 2.24) is 9.55 Å². The SMILES string of the molecule is O=C(O)Cc1ccccc1Cn1cncc1Cl. The number of nitrogens with zero attached hydrogens (tertiary/aromatic N) is 2. The van der Waals surface area contributed by atoms with Gasteiger partial charge >= 0.3 is 5.97 Å². The fourth-order valence-corrected chi connectivity index (χ4v) is 1.81. The molecular formula is C12H11ClN2O2. The number of carboxylic acid groups (broad SMARTS) is 1. The van der Waals surface area contributed by atoms with Gasteiger partial charge in [0.25, 0.3) is 0 Å². The smallest absolute Gasteiger partial charge is 0.307 e. The van der Waals surface area contributed by atoms with E-state index in [0.29, 0.717) is 11.7 Å². The lowest BCUT2D eigenvalue weighted by atomic mass is 10.0. The molecule has 1 N–H and O–H groups in total. The van der Waals surface area contributed by atoms with Crippen molar-refractivity contribution in [3.63, 3.8) is 0 Å². The summed E-state index contributed by atoms with van der Waals surface area (Å²) < 4.78 is 1.77. The number of halogens is 1. The van der Waals surface area contributed by atoms with Crippen LogP contribution in [0.1, 0.15) is 11.1 Å². The number of hydrogen-bond donors (Lipinski definition) is 1. The molecule has 1 aromatic heterocycles. The number of hydrogen-bond acceptors (Lipinski definition) is 2. The lowest BCUT2D eigenvalue weighted by Gasteiger charge is -2.09. The Morgan fingerprint density at radius 3 is 2.65 bits per heavy atom. The molecule has 0 radical (unpaired) electrons. The molecule has 17 heavy (non-hydrogen) atoms. The zero-order chi connectivity index (χ0) is 12.3. The maximum Gasteiger partial charge on any atom is 0.307 e. The Labute approximate surface area is 103 Å². The van der Waals surface area contributed by atoms with Crippen LogP contribution in [0.25, 0.3) is 0 Å². The fourth-order valence-electron chi connectivity index (χ4n) is 1.65. The van der Waals surface area contributed by atoms with Crippen LogP contribution in [0.3, 0.4) is 0 Å². The van der Waals surface area contributed by atoms with E-state index in [2.05, 4.69) is 4.98 Å². The molecule has 88 valence electrons. The average Bonchev–Trinajstić information content (AvgIpc) is 2.67. The van der Waals surface area contributed by atoms with Crippen LogP contribution in [0.4, 0.5) is 0 Å². The number of aromatic nitrogens is 2. The van der Waals surface area contributed by atoms with Crippen LogP contribution in [0.15, 0.2) is 36.8 Å². The average molecular weight is 251 g/mol. The van der Waals surface area contributed by atoms with E-state index in [1.807, 2.05) is 24.3 Å². The number of benzene rings is 1. The highest BCUT2D eigenvalue weighted by Gasteiger charge is 2.07. The van der Waals surface area contributed by atoms with Crippen LogP contribution in [-0.4, -0.2) is 20.6 Å². The largest absolute Gasteiger partial charge is 0.481 e. The van der Waals surface area contributed by atoms with E-state index in [1.54, 1.807) is 17.1 Å². The van der Waals surface area contributed by atoms with Crippen LogP contribution in [0.5, 0.6) is 0 Å². The van der Waals surface area contributed by atoms with Crippen molar-refractivity contribution in [3.8, 4) is 0 Å². The first kappa shape index (κ1) is 11.7. The van der Waals surface area contributed by atoms with Gasteiger partial charge in [0.1, 0.15) is 5.15 Å². The van der Waals surface area contributed by atoms with Crippen LogP contribution in [0, 0.1) is 0 Å².